The van der Waals surface area contributed by atoms with E-state index in [1.54, 1.807) is 11.9 Å². The van der Waals surface area contributed by atoms with E-state index < -0.39 is 0 Å². The van der Waals surface area contributed by atoms with Crippen molar-refractivity contribution in [3.8, 4) is 0 Å². The predicted octanol–water partition coefficient (Wildman–Crippen LogP) is 3.40. The van der Waals surface area contributed by atoms with Crippen molar-refractivity contribution >= 4 is 6.09 Å². The fourth-order valence-corrected chi connectivity index (χ4v) is 1.68. The summed E-state index contributed by atoms with van der Waals surface area (Å²) >= 11 is 0. The van der Waals surface area contributed by atoms with Crippen LogP contribution >= 0.6 is 0 Å². The van der Waals surface area contributed by atoms with Crippen LogP contribution in [0.25, 0.3) is 0 Å². The lowest BCUT2D eigenvalue weighted by Crippen LogP contribution is -2.25. The highest BCUT2D eigenvalue weighted by Gasteiger charge is 2.09. The fraction of sp³-hybridized carbons (Fsp3) is 0.500. The van der Waals surface area contributed by atoms with Gasteiger partial charge in [0.25, 0.3) is 0 Å². The summed E-state index contributed by atoms with van der Waals surface area (Å²) in [5.74, 6) is 0.586. The van der Waals surface area contributed by atoms with E-state index in [0.29, 0.717) is 12.5 Å². The first kappa shape index (κ1) is 13.6. The van der Waals surface area contributed by atoms with Crippen LogP contribution < -0.4 is 0 Å². The lowest BCUT2D eigenvalue weighted by Gasteiger charge is -2.16. The Kier molecular flexibility index (Phi) is 5.01. The van der Waals surface area contributed by atoms with Crippen molar-refractivity contribution < 1.29 is 9.53 Å². The molecule has 1 amide bonds. The predicted molar refractivity (Wildman–Crippen MR) is 69.0 cm³/mol. The summed E-state index contributed by atoms with van der Waals surface area (Å²) in [4.78, 5) is 12.8. The molecule has 0 radical (unpaired) electrons. The summed E-state index contributed by atoms with van der Waals surface area (Å²) in [6.07, 6.45) is 0.831. The van der Waals surface area contributed by atoms with E-state index in [1.165, 1.54) is 12.7 Å². The van der Waals surface area contributed by atoms with Crippen LogP contribution in [0.4, 0.5) is 4.79 Å². The van der Waals surface area contributed by atoms with Gasteiger partial charge < -0.3 is 9.64 Å². The molecular formula is C14H21NO2. The Morgan fingerprint density at radius 3 is 2.41 bits per heavy atom. The second-order valence-corrected chi connectivity index (χ2v) is 4.38. The molecule has 1 aromatic carbocycles. The zero-order valence-electron chi connectivity index (χ0n) is 11.1. The maximum atomic E-state index is 11.2. The molecule has 1 rings (SSSR count). The average molecular weight is 235 g/mol. The molecule has 17 heavy (non-hydrogen) atoms. The molecule has 0 N–H and O–H groups in total. The van der Waals surface area contributed by atoms with Crippen molar-refractivity contribution in [1.29, 1.82) is 0 Å². The quantitative estimate of drug-likeness (QED) is 0.800. The third-order valence-electron chi connectivity index (χ3n) is 3.07. The third kappa shape index (κ3) is 3.77. The van der Waals surface area contributed by atoms with Gasteiger partial charge in [-0.2, -0.15) is 0 Å². The smallest absolute Gasteiger partial charge is 0.409 e. The number of rotatable bonds is 4. The zero-order valence-corrected chi connectivity index (χ0v) is 11.1. The van der Waals surface area contributed by atoms with Gasteiger partial charge in [0.05, 0.1) is 7.11 Å². The van der Waals surface area contributed by atoms with Gasteiger partial charge in [-0.05, 0) is 23.5 Å². The van der Waals surface area contributed by atoms with Crippen LogP contribution in [-0.4, -0.2) is 25.2 Å². The minimum atomic E-state index is -0.309. The SMILES string of the molecule is CCC(C)c1ccc(CN(C)C(=O)OC)cc1. The first-order chi connectivity index (χ1) is 8.08. The van der Waals surface area contributed by atoms with Crippen molar-refractivity contribution in [2.45, 2.75) is 32.7 Å². The van der Waals surface area contributed by atoms with Gasteiger partial charge in [-0.3, -0.25) is 0 Å². The van der Waals surface area contributed by atoms with Crippen LogP contribution in [0, 0.1) is 0 Å². The van der Waals surface area contributed by atoms with Crippen molar-refractivity contribution in [3.63, 3.8) is 0 Å². The largest absolute Gasteiger partial charge is 0.453 e. The molecule has 1 atom stereocenters. The normalized spacial score (nSPS) is 12.0. The van der Waals surface area contributed by atoms with E-state index in [9.17, 15) is 4.79 Å². The summed E-state index contributed by atoms with van der Waals surface area (Å²) in [5, 5.41) is 0. The molecule has 0 saturated heterocycles. The Balaban J connectivity index is 2.65. The van der Waals surface area contributed by atoms with Crippen molar-refractivity contribution in [1.82, 2.24) is 4.90 Å². The molecule has 1 aromatic rings. The summed E-state index contributed by atoms with van der Waals surface area (Å²) < 4.78 is 4.65. The number of hydrogen-bond acceptors (Lipinski definition) is 2. The fourth-order valence-electron chi connectivity index (χ4n) is 1.68. The van der Waals surface area contributed by atoms with Crippen LogP contribution in [0.5, 0.6) is 0 Å². The molecule has 0 saturated carbocycles. The van der Waals surface area contributed by atoms with E-state index in [0.717, 1.165) is 12.0 Å². The number of hydrogen-bond donors (Lipinski definition) is 0. The van der Waals surface area contributed by atoms with Gasteiger partial charge in [0.15, 0.2) is 0 Å². The summed E-state index contributed by atoms with van der Waals surface area (Å²) in [5.41, 5.74) is 2.46. The first-order valence-corrected chi connectivity index (χ1v) is 5.96. The number of benzene rings is 1. The highest BCUT2D eigenvalue weighted by Crippen LogP contribution is 2.19. The Hall–Kier alpha value is -1.51. The van der Waals surface area contributed by atoms with Crippen LogP contribution in [0.3, 0.4) is 0 Å². The van der Waals surface area contributed by atoms with Crippen molar-refractivity contribution in [2.24, 2.45) is 0 Å². The van der Waals surface area contributed by atoms with Crippen LogP contribution in [-0.2, 0) is 11.3 Å². The zero-order chi connectivity index (χ0) is 12.8. The molecule has 0 aliphatic rings. The topological polar surface area (TPSA) is 29.5 Å². The molecule has 0 fully saturated rings. The number of ether oxygens (including phenoxy) is 1. The molecule has 3 nitrogen and oxygen atoms in total. The third-order valence-corrected chi connectivity index (χ3v) is 3.07. The molecule has 94 valence electrons. The highest BCUT2D eigenvalue weighted by molar-refractivity contribution is 5.66. The van der Waals surface area contributed by atoms with Crippen molar-refractivity contribution in [3.05, 3.63) is 35.4 Å². The number of methoxy groups -OCH3 is 1. The van der Waals surface area contributed by atoms with E-state index in [4.69, 9.17) is 0 Å². The van der Waals surface area contributed by atoms with Gasteiger partial charge in [-0.25, -0.2) is 4.79 Å². The standard InChI is InChI=1S/C14H21NO2/c1-5-11(2)13-8-6-12(7-9-13)10-15(3)14(16)17-4/h6-9,11H,5,10H2,1-4H3. The summed E-state index contributed by atoms with van der Waals surface area (Å²) in [6.45, 7) is 4.98. The molecule has 0 aliphatic heterocycles. The van der Waals surface area contributed by atoms with Crippen LogP contribution in [0.1, 0.15) is 37.3 Å². The molecule has 0 heterocycles. The van der Waals surface area contributed by atoms with Crippen molar-refractivity contribution in [2.75, 3.05) is 14.2 Å². The minimum Gasteiger partial charge on any atom is -0.453 e. The first-order valence-electron chi connectivity index (χ1n) is 5.96. The van der Waals surface area contributed by atoms with Gasteiger partial charge in [-0.15, -0.1) is 0 Å². The molecule has 0 aliphatic carbocycles. The summed E-state index contributed by atoms with van der Waals surface area (Å²) in [6, 6.07) is 8.41. The Morgan fingerprint density at radius 2 is 1.94 bits per heavy atom. The molecule has 0 aromatic heterocycles. The van der Waals surface area contributed by atoms with Gasteiger partial charge >= 0.3 is 6.09 Å². The maximum Gasteiger partial charge on any atom is 0.409 e. The highest BCUT2D eigenvalue weighted by atomic mass is 16.5. The van der Waals surface area contributed by atoms with E-state index in [1.807, 2.05) is 0 Å². The Bertz CT molecular complexity index is 359. The minimum absolute atomic E-state index is 0.309. The van der Waals surface area contributed by atoms with Gasteiger partial charge in [0.1, 0.15) is 0 Å². The number of nitrogens with zero attached hydrogens (tertiary/aromatic N) is 1. The number of carbonyl (C=O) groups excluding carboxylic acids is 1. The lowest BCUT2D eigenvalue weighted by atomic mass is 9.98. The second-order valence-electron chi connectivity index (χ2n) is 4.38. The number of carbonyl (C=O) groups is 1. The monoisotopic (exact) mass is 235 g/mol. The molecule has 0 bridgehead atoms. The maximum absolute atomic E-state index is 11.2. The van der Waals surface area contributed by atoms with Gasteiger partial charge in [0, 0.05) is 13.6 Å². The Morgan fingerprint density at radius 1 is 1.35 bits per heavy atom. The summed E-state index contributed by atoms with van der Waals surface area (Å²) in [7, 11) is 3.12. The van der Waals surface area contributed by atoms with E-state index in [2.05, 4.69) is 42.8 Å². The second kappa shape index (κ2) is 6.28. The van der Waals surface area contributed by atoms with Crippen LogP contribution in [0.15, 0.2) is 24.3 Å². The van der Waals surface area contributed by atoms with E-state index in [-0.39, 0.29) is 6.09 Å². The molecule has 1 unspecified atom stereocenters. The molecular weight excluding hydrogens is 214 g/mol. The molecule has 0 spiro atoms. The molecule has 3 heteroatoms. The Labute approximate surface area is 103 Å². The van der Waals surface area contributed by atoms with Gasteiger partial charge in [0.2, 0.25) is 0 Å². The van der Waals surface area contributed by atoms with Gasteiger partial charge in [-0.1, -0.05) is 38.1 Å². The number of amides is 1. The average Bonchev–Trinajstić information content (AvgIpc) is 2.37. The van der Waals surface area contributed by atoms with Crippen LogP contribution in [0.2, 0.25) is 0 Å². The van der Waals surface area contributed by atoms with E-state index >= 15 is 0 Å². The lowest BCUT2D eigenvalue weighted by molar-refractivity contribution is 0.131.